The molecule has 1 aliphatic rings. The van der Waals surface area contributed by atoms with Crippen molar-refractivity contribution in [1.29, 1.82) is 0 Å². The van der Waals surface area contributed by atoms with Crippen LogP contribution in [-0.4, -0.2) is 46.9 Å². The zero-order valence-corrected chi connectivity index (χ0v) is 9.57. The fourth-order valence-electron chi connectivity index (χ4n) is 1.47. The largest absolute Gasteiger partial charge is 0.481 e. The summed E-state index contributed by atoms with van der Waals surface area (Å²) in [5.41, 5.74) is -0.662. The van der Waals surface area contributed by atoms with Crippen molar-refractivity contribution >= 4 is 12.1 Å². The molecule has 1 saturated heterocycles. The lowest BCUT2D eigenvalue weighted by atomic mass is 10.1. The van der Waals surface area contributed by atoms with Crippen LogP contribution in [0.1, 0.15) is 20.8 Å². The van der Waals surface area contributed by atoms with Crippen molar-refractivity contribution in [3.8, 4) is 0 Å². The molecular formula is C10H16FNO4. The highest BCUT2D eigenvalue weighted by Gasteiger charge is 2.41. The molecule has 1 amide bonds. The summed E-state index contributed by atoms with van der Waals surface area (Å²) in [5, 5.41) is 8.70. The molecule has 0 saturated carbocycles. The van der Waals surface area contributed by atoms with Crippen LogP contribution in [0.15, 0.2) is 0 Å². The first-order chi connectivity index (χ1) is 7.20. The number of carboxylic acid groups (broad SMARTS) is 1. The number of hydrogen-bond acceptors (Lipinski definition) is 3. The van der Waals surface area contributed by atoms with Crippen LogP contribution in [0.2, 0.25) is 0 Å². The quantitative estimate of drug-likeness (QED) is 0.740. The first kappa shape index (κ1) is 12.7. The van der Waals surface area contributed by atoms with E-state index >= 15 is 0 Å². The second kappa shape index (κ2) is 4.27. The van der Waals surface area contributed by atoms with Gasteiger partial charge in [-0.15, -0.1) is 0 Å². The van der Waals surface area contributed by atoms with Gasteiger partial charge in [-0.1, -0.05) is 0 Å². The highest BCUT2D eigenvalue weighted by atomic mass is 19.1. The number of alkyl halides is 1. The van der Waals surface area contributed by atoms with Gasteiger partial charge < -0.3 is 14.7 Å². The van der Waals surface area contributed by atoms with Crippen LogP contribution in [0.5, 0.6) is 0 Å². The van der Waals surface area contributed by atoms with Crippen LogP contribution in [-0.2, 0) is 9.53 Å². The fraction of sp³-hybridized carbons (Fsp3) is 0.800. The average molecular weight is 233 g/mol. The molecule has 0 aromatic heterocycles. The number of carboxylic acids is 1. The number of rotatable bonds is 1. The summed E-state index contributed by atoms with van der Waals surface area (Å²) in [5.74, 6) is -2.37. The van der Waals surface area contributed by atoms with Crippen molar-refractivity contribution in [3.63, 3.8) is 0 Å². The Labute approximate surface area is 93.2 Å². The second-order valence-electron chi connectivity index (χ2n) is 4.85. The number of nitrogens with zero attached hydrogens (tertiary/aromatic N) is 1. The molecule has 1 N–H and O–H groups in total. The zero-order chi connectivity index (χ0) is 12.5. The Morgan fingerprint density at radius 2 is 1.94 bits per heavy atom. The van der Waals surface area contributed by atoms with Gasteiger partial charge in [-0.3, -0.25) is 4.79 Å². The van der Waals surface area contributed by atoms with Crippen LogP contribution in [0.4, 0.5) is 9.18 Å². The van der Waals surface area contributed by atoms with Gasteiger partial charge in [0.15, 0.2) is 0 Å². The molecule has 0 aliphatic carbocycles. The maximum Gasteiger partial charge on any atom is 0.410 e. The molecule has 1 aliphatic heterocycles. The maximum atomic E-state index is 13.3. The lowest BCUT2D eigenvalue weighted by Gasteiger charge is -2.24. The predicted molar refractivity (Wildman–Crippen MR) is 53.8 cm³/mol. The number of aliphatic carboxylic acids is 1. The van der Waals surface area contributed by atoms with Crippen molar-refractivity contribution in [2.45, 2.75) is 32.5 Å². The average Bonchev–Trinajstić information content (AvgIpc) is 2.44. The van der Waals surface area contributed by atoms with Crippen LogP contribution in [0, 0.1) is 5.92 Å². The molecule has 1 fully saturated rings. The molecule has 0 aromatic rings. The van der Waals surface area contributed by atoms with Gasteiger partial charge in [0, 0.05) is 6.54 Å². The minimum Gasteiger partial charge on any atom is -0.481 e. The van der Waals surface area contributed by atoms with Crippen molar-refractivity contribution in [3.05, 3.63) is 0 Å². The molecule has 0 aromatic carbocycles. The Morgan fingerprint density at radius 1 is 1.38 bits per heavy atom. The molecule has 0 unspecified atom stereocenters. The monoisotopic (exact) mass is 233 g/mol. The Kier molecular flexibility index (Phi) is 3.40. The van der Waals surface area contributed by atoms with E-state index in [1.54, 1.807) is 20.8 Å². The lowest BCUT2D eigenvalue weighted by molar-refractivity contribution is -0.142. The van der Waals surface area contributed by atoms with Crippen LogP contribution in [0.3, 0.4) is 0 Å². The van der Waals surface area contributed by atoms with E-state index in [4.69, 9.17) is 9.84 Å². The number of hydrogen-bond donors (Lipinski definition) is 1. The molecule has 1 heterocycles. The minimum atomic E-state index is -1.52. The van der Waals surface area contributed by atoms with Gasteiger partial charge in [-0.25, -0.2) is 9.18 Å². The third-order valence-corrected chi connectivity index (χ3v) is 2.22. The van der Waals surface area contributed by atoms with Crippen molar-refractivity contribution in [2.24, 2.45) is 5.92 Å². The third kappa shape index (κ3) is 3.08. The Balaban J connectivity index is 2.58. The molecule has 6 heteroatoms. The molecular weight excluding hydrogens is 217 g/mol. The van der Waals surface area contributed by atoms with E-state index < -0.39 is 29.8 Å². The van der Waals surface area contributed by atoms with E-state index in [9.17, 15) is 14.0 Å². The van der Waals surface area contributed by atoms with E-state index in [0.717, 1.165) is 4.90 Å². The maximum absolute atomic E-state index is 13.3. The molecule has 5 nitrogen and oxygen atoms in total. The lowest BCUT2D eigenvalue weighted by Crippen LogP contribution is -2.36. The van der Waals surface area contributed by atoms with Crippen molar-refractivity contribution in [2.75, 3.05) is 13.1 Å². The van der Waals surface area contributed by atoms with E-state index in [2.05, 4.69) is 0 Å². The number of likely N-dealkylation sites (tertiary alicyclic amines) is 1. The second-order valence-corrected chi connectivity index (χ2v) is 4.85. The summed E-state index contributed by atoms with van der Waals surface area (Å²) in [6.45, 7) is 4.74. The molecule has 16 heavy (non-hydrogen) atoms. The summed E-state index contributed by atoms with van der Waals surface area (Å²) in [6, 6.07) is 0. The van der Waals surface area contributed by atoms with Gasteiger partial charge in [0.05, 0.1) is 6.54 Å². The third-order valence-electron chi connectivity index (χ3n) is 2.22. The summed E-state index contributed by atoms with van der Waals surface area (Å²) < 4.78 is 18.3. The first-order valence-electron chi connectivity index (χ1n) is 5.05. The van der Waals surface area contributed by atoms with Crippen LogP contribution >= 0.6 is 0 Å². The van der Waals surface area contributed by atoms with Gasteiger partial charge in [0.1, 0.15) is 17.7 Å². The highest BCUT2D eigenvalue weighted by molar-refractivity contribution is 5.75. The topological polar surface area (TPSA) is 66.8 Å². The van der Waals surface area contributed by atoms with E-state index in [1.165, 1.54) is 0 Å². The van der Waals surface area contributed by atoms with Gasteiger partial charge in [-0.05, 0) is 20.8 Å². The molecule has 92 valence electrons. The summed E-state index contributed by atoms with van der Waals surface area (Å²) >= 11 is 0. The Hall–Kier alpha value is -1.33. The van der Waals surface area contributed by atoms with Crippen LogP contribution in [0.25, 0.3) is 0 Å². The highest BCUT2D eigenvalue weighted by Crippen LogP contribution is 2.22. The molecule has 0 bridgehead atoms. The predicted octanol–water partition coefficient (Wildman–Crippen LogP) is 1.28. The van der Waals surface area contributed by atoms with Gasteiger partial charge in [0.25, 0.3) is 0 Å². The number of amides is 1. The number of ether oxygens (including phenoxy) is 1. The van der Waals surface area contributed by atoms with E-state index in [0.29, 0.717) is 0 Å². The number of carbonyl (C=O) groups is 2. The van der Waals surface area contributed by atoms with Crippen LogP contribution < -0.4 is 0 Å². The zero-order valence-electron chi connectivity index (χ0n) is 9.57. The van der Waals surface area contributed by atoms with Gasteiger partial charge in [-0.2, -0.15) is 0 Å². The summed E-state index contributed by atoms with van der Waals surface area (Å²) in [4.78, 5) is 23.3. The fourth-order valence-corrected chi connectivity index (χ4v) is 1.47. The molecule has 0 radical (unpaired) electrons. The van der Waals surface area contributed by atoms with Crippen molar-refractivity contribution < 1.29 is 23.8 Å². The molecule has 2 atom stereocenters. The van der Waals surface area contributed by atoms with Gasteiger partial charge in [0.2, 0.25) is 0 Å². The number of halogens is 1. The summed E-state index contributed by atoms with van der Waals surface area (Å²) in [7, 11) is 0. The van der Waals surface area contributed by atoms with E-state index in [1.807, 2.05) is 0 Å². The smallest absolute Gasteiger partial charge is 0.410 e. The first-order valence-corrected chi connectivity index (χ1v) is 5.05. The normalized spacial score (nSPS) is 25.6. The number of carbonyl (C=O) groups excluding carboxylic acids is 1. The van der Waals surface area contributed by atoms with Gasteiger partial charge >= 0.3 is 12.1 Å². The van der Waals surface area contributed by atoms with Crippen molar-refractivity contribution in [1.82, 2.24) is 4.90 Å². The Morgan fingerprint density at radius 3 is 2.31 bits per heavy atom. The standard InChI is InChI=1S/C10H16FNO4/c1-10(2,3)16-9(15)12-4-6(8(13)14)7(11)5-12/h6-7H,4-5H2,1-3H3,(H,13,14)/t6-,7+/m0/s1. The Bertz CT molecular complexity index is 300. The molecule has 1 rings (SSSR count). The minimum absolute atomic E-state index is 0.134. The molecule has 0 spiro atoms. The SMILES string of the molecule is CC(C)(C)OC(=O)N1C[C@@H](F)[C@@H](C(=O)O)C1. The summed E-state index contributed by atoms with van der Waals surface area (Å²) in [6.07, 6.45) is -2.19. The van der Waals surface area contributed by atoms with E-state index in [-0.39, 0.29) is 13.1 Å².